The van der Waals surface area contributed by atoms with Gasteiger partial charge in [0.25, 0.3) is 5.91 Å². The van der Waals surface area contributed by atoms with Gasteiger partial charge in [-0.2, -0.15) is 0 Å². The summed E-state index contributed by atoms with van der Waals surface area (Å²) < 4.78 is 0. The topological polar surface area (TPSA) is 54.9 Å². The number of carbonyl (C=O) groups excluding carboxylic acids is 1. The van der Waals surface area contributed by atoms with E-state index in [0.717, 1.165) is 16.3 Å². The van der Waals surface area contributed by atoms with E-state index in [1.165, 1.54) is 12.4 Å². The molecule has 1 aromatic heterocycles. The number of carbonyl (C=O) groups is 1. The molecule has 2 rings (SSSR count). The number of hydrogen-bond donors (Lipinski definition) is 1. The summed E-state index contributed by atoms with van der Waals surface area (Å²) in [7, 11) is 0. The minimum Gasteiger partial charge on any atom is -0.320 e. The third-order valence-electron chi connectivity index (χ3n) is 2.33. The van der Waals surface area contributed by atoms with Crippen LogP contribution in [0.5, 0.6) is 0 Å². The quantitative estimate of drug-likeness (QED) is 0.676. The Hall–Kier alpha value is -1.85. The van der Waals surface area contributed by atoms with E-state index in [1.54, 1.807) is 11.8 Å². The standard InChI is InChI=1S/C14H12ClN3OS/c1-2-7-20-12-6-4-3-5-10(12)18-14(19)11-8-16-9-13(15)17-11/h2-6,8-9H,1,7H2,(H,18,19). The number of rotatable bonds is 5. The Morgan fingerprint density at radius 1 is 1.40 bits per heavy atom. The number of aromatic nitrogens is 2. The minimum atomic E-state index is -0.341. The van der Waals surface area contributed by atoms with Crippen LogP contribution in [0.4, 0.5) is 5.69 Å². The second-order valence-electron chi connectivity index (χ2n) is 3.78. The third kappa shape index (κ3) is 3.82. The van der Waals surface area contributed by atoms with Crippen LogP contribution < -0.4 is 5.32 Å². The average Bonchev–Trinajstić information content (AvgIpc) is 2.46. The van der Waals surface area contributed by atoms with Crippen LogP contribution in [0, 0.1) is 0 Å². The molecule has 0 spiro atoms. The molecule has 20 heavy (non-hydrogen) atoms. The number of nitrogens with zero attached hydrogens (tertiary/aromatic N) is 2. The maximum absolute atomic E-state index is 12.1. The summed E-state index contributed by atoms with van der Waals surface area (Å²) >= 11 is 7.32. The van der Waals surface area contributed by atoms with Gasteiger partial charge in [0.15, 0.2) is 0 Å². The molecule has 0 fully saturated rings. The molecule has 0 aliphatic carbocycles. The molecule has 1 N–H and O–H groups in total. The van der Waals surface area contributed by atoms with Gasteiger partial charge in [0.1, 0.15) is 10.8 Å². The molecule has 0 unspecified atom stereocenters. The molecule has 0 saturated heterocycles. The zero-order chi connectivity index (χ0) is 14.4. The predicted molar refractivity (Wildman–Crippen MR) is 82.4 cm³/mol. The van der Waals surface area contributed by atoms with E-state index in [2.05, 4.69) is 21.9 Å². The van der Waals surface area contributed by atoms with Crippen LogP contribution in [-0.4, -0.2) is 21.6 Å². The van der Waals surface area contributed by atoms with E-state index in [-0.39, 0.29) is 16.8 Å². The number of benzene rings is 1. The third-order valence-corrected chi connectivity index (χ3v) is 3.58. The largest absolute Gasteiger partial charge is 0.320 e. The first-order valence-corrected chi connectivity index (χ1v) is 7.18. The summed E-state index contributed by atoms with van der Waals surface area (Å²) in [5, 5.41) is 2.99. The summed E-state index contributed by atoms with van der Waals surface area (Å²) in [6.07, 6.45) is 4.57. The van der Waals surface area contributed by atoms with Gasteiger partial charge in [-0.05, 0) is 12.1 Å². The number of hydrogen-bond acceptors (Lipinski definition) is 4. The highest BCUT2D eigenvalue weighted by Gasteiger charge is 2.11. The lowest BCUT2D eigenvalue weighted by molar-refractivity contribution is 0.102. The highest BCUT2D eigenvalue weighted by molar-refractivity contribution is 7.99. The lowest BCUT2D eigenvalue weighted by Crippen LogP contribution is -2.14. The maximum Gasteiger partial charge on any atom is 0.275 e. The molecular weight excluding hydrogens is 294 g/mol. The smallest absolute Gasteiger partial charge is 0.275 e. The molecule has 1 heterocycles. The van der Waals surface area contributed by atoms with Crippen molar-refractivity contribution in [1.29, 1.82) is 0 Å². The van der Waals surface area contributed by atoms with Crippen molar-refractivity contribution < 1.29 is 4.79 Å². The second kappa shape index (κ2) is 7.07. The molecule has 0 aliphatic heterocycles. The van der Waals surface area contributed by atoms with E-state index in [4.69, 9.17) is 11.6 Å². The van der Waals surface area contributed by atoms with Crippen LogP contribution in [0.2, 0.25) is 5.15 Å². The summed E-state index contributed by atoms with van der Waals surface area (Å²) in [5.41, 5.74) is 0.909. The van der Waals surface area contributed by atoms with Gasteiger partial charge in [-0.25, -0.2) is 4.98 Å². The molecule has 0 radical (unpaired) electrons. The molecule has 2 aromatic rings. The second-order valence-corrected chi connectivity index (χ2v) is 5.23. The van der Waals surface area contributed by atoms with Crippen LogP contribution in [0.15, 0.2) is 54.2 Å². The zero-order valence-electron chi connectivity index (χ0n) is 10.5. The van der Waals surface area contributed by atoms with Crippen LogP contribution in [0.25, 0.3) is 0 Å². The molecule has 0 atom stereocenters. The van der Waals surface area contributed by atoms with Gasteiger partial charge in [0, 0.05) is 10.6 Å². The molecule has 0 bridgehead atoms. The normalized spacial score (nSPS) is 10.1. The molecular formula is C14H12ClN3OS. The van der Waals surface area contributed by atoms with Gasteiger partial charge in [0.05, 0.1) is 18.1 Å². The van der Waals surface area contributed by atoms with E-state index in [1.807, 2.05) is 30.3 Å². The van der Waals surface area contributed by atoms with Crippen molar-refractivity contribution in [3.63, 3.8) is 0 Å². The number of amides is 1. The van der Waals surface area contributed by atoms with Crippen molar-refractivity contribution in [2.24, 2.45) is 0 Å². The highest BCUT2D eigenvalue weighted by atomic mass is 35.5. The number of nitrogens with one attached hydrogen (secondary N) is 1. The average molecular weight is 306 g/mol. The molecule has 1 amide bonds. The van der Waals surface area contributed by atoms with E-state index in [0.29, 0.717) is 0 Å². The first kappa shape index (κ1) is 14.6. The maximum atomic E-state index is 12.1. The summed E-state index contributed by atoms with van der Waals surface area (Å²) in [4.78, 5) is 20.8. The van der Waals surface area contributed by atoms with Crippen molar-refractivity contribution >= 4 is 35.0 Å². The molecule has 0 saturated carbocycles. The predicted octanol–water partition coefficient (Wildman–Crippen LogP) is 3.66. The summed E-state index contributed by atoms with van der Waals surface area (Å²) in [5.74, 6) is 0.427. The fourth-order valence-electron chi connectivity index (χ4n) is 1.48. The van der Waals surface area contributed by atoms with Crippen molar-refractivity contribution in [1.82, 2.24) is 9.97 Å². The van der Waals surface area contributed by atoms with Crippen molar-refractivity contribution in [3.8, 4) is 0 Å². The number of para-hydroxylation sites is 1. The van der Waals surface area contributed by atoms with Crippen LogP contribution >= 0.6 is 23.4 Å². The van der Waals surface area contributed by atoms with Crippen LogP contribution in [-0.2, 0) is 0 Å². The molecule has 102 valence electrons. The van der Waals surface area contributed by atoms with Gasteiger partial charge < -0.3 is 5.32 Å². The van der Waals surface area contributed by atoms with Crippen LogP contribution in [0.3, 0.4) is 0 Å². The Balaban J connectivity index is 2.17. The van der Waals surface area contributed by atoms with Crippen molar-refractivity contribution in [2.75, 3.05) is 11.1 Å². The zero-order valence-corrected chi connectivity index (χ0v) is 12.1. The SMILES string of the molecule is C=CCSc1ccccc1NC(=O)c1cncc(Cl)n1. The Bertz CT molecular complexity index is 633. The van der Waals surface area contributed by atoms with Gasteiger partial charge >= 0.3 is 0 Å². The fourth-order valence-corrected chi connectivity index (χ4v) is 2.38. The monoisotopic (exact) mass is 305 g/mol. The molecule has 6 heteroatoms. The number of halogens is 1. The highest BCUT2D eigenvalue weighted by Crippen LogP contribution is 2.27. The first-order valence-electron chi connectivity index (χ1n) is 5.82. The molecule has 1 aromatic carbocycles. The van der Waals surface area contributed by atoms with Gasteiger partial charge in [-0.1, -0.05) is 29.8 Å². The van der Waals surface area contributed by atoms with Gasteiger partial charge in [-0.15, -0.1) is 18.3 Å². The van der Waals surface area contributed by atoms with Gasteiger partial charge in [-0.3, -0.25) is 9.78 Å². The lowest BCUT2D eigenvalue weighted by atomic mass is 10.3. The van der Waals surface area contributed by atoms with Crippen molar-refractivity contribution in [3.05, 3.63) is 60.2 Å². The lowest BCUT2D eigenvalue weighted by Gasteiger charge is -2.09. The summed E-state index contributed by atoms with van der Waals surface area (Å²) in [6.45, 7) is 3.68. The van der Waals surface area contributed by atoms with Crippen LogP contribution in [0.1, 0.15) is 10.5 Å². The van der Waals surface area contributed by atoms with Crippen molar-refractivity contribution in [2.45, 2.75) is 4.90 Å². The Kier molecular flexibility index (Phi) is 5.15. The molecule has 0 aliphatic rings. The Morgan fingerprint density at radius 2 is 2.20 bits per heavy atom. The molecule has 4 nitrogen and oxygen atoms in total. The fraction of sp³-hybridized carbons (Fsp3) is 0.0714. The Morgan fingerprint density at radius 3 is 2.95 bits per heavy atom. The summed E-state index contributed by atoms with van der Waals surface area (Å²) in [6, 6.07) is 7.55. The van der Waals surface area contributed by atoms with Gasteiger partial charge in [0.2, 0.25) is 0 Å². The number of thioether (sulfide) groups is 1. The Labute approximate surface area is 126 Å². The van der Waals surface area contributed by atoms with E-state index >= 15 is 0 Å². The van der Waals surface area contributed by atoms with E-state index in [9.17, 15) is 4.79 Å². The number of anilines is 1. The minimum absolute atomic E-state index is 0.182. The first-order chi connectivity index (χ1) is 9.70. The van der Waals surface area contributed by atoms with E-state index < -0.39 is 0 Å².